The Hall–Kier alpha value is -1.95. The summed E-state index contributed by atoms with van der Waals surface area (Å²) in [4.78, 5) is 25.5. The molecule has 1 aliphatic rings. The lowest BCUT2D eigenvalue weighted by Crippen LogP contribution is -2.55. The summed E-state index contributed by atoms with van der Waals surface area (Å²) in [6, 6.07) is 5.61. The summed E-state index contributed by atoms with van der Waals surface area (Å²) >= 11 is 0. The molecule has 2 rings (SSSR count). The van der Waals surface area contributed by atoms with E-state index < -0.39 is 6.04 Å². The van der Waals surface area contributed by atoms with E-state index in [4.69, 9.17) is 4.74 Å². The highest BCUT2D eigenvalue weighted by molar-refractivity contribution is 5.87. The number of hydrogen-bond acceptors (Lipinski definition) is 4. The third kappa shape index (κ3) is 4.26. The third-order valence-corrected chi connectivity index (χ3v) is 3.41. The molecule has 1 aromatic carbocycles. The van der Waals surface area contributed by atoms with Gasteiger partial charge in [-0.05, 0) is 24.6 Å². The summed E-state index contributed by atoms with van der Waals surface area (Å²) in [5.74, 6) is -0.849. The van der Waals surface area contributed by atoms with Crippen LogP contribution in [0.15, 0.2) is 24.3 Å². The van der Waals surface area contributed by atoms with Crippen LogP contribution in [0, 0.1) is 5.82 Å². The van der Waals surface area contributed by atoms with Gasteiger partial charge >= 0.3 is 5.97 Å². The molecule has 1 heterocycles. The van der Waals surface area contributed by atoms with Crippen molar-refractivity contribution in [3.8, 4) is 0 Å². The quantitative estimate of drug-likeness (QED) is 0.826. The molecule has 1 N–H and O–H groups in total. The number of benzene rings is 1. The zero-order valence-corrected chi connectivity index (χ0v) is 12.0. The molecule has 0 radical (unpaired) electrons. The summed E-state index contributed by atoms with van der Waals surface area (Å²) in [6.45, 7) is 3.71. The molecule has 21 heavy (non-hydrogen) atoms. The van der Waals surface area contributed by atoms with Crippen LogP contribution in [0.3, 0.4) is 0 Å². The molecule has 6 heteroatoms. The first kappa shape index (κ1) is 15.4. The van der Waals surface area contributed by atoms with E-state index in [0.717, 1.165) is 5.56 Å². The zero-order chi connectivity index (χ0) is 15.2. The number of rotatable bonds is 5. The minimum Gasteiger partial charge on any atom is -0.466 e. The molecule has 1 atom stereocenters. The predicted molar refractivity (Wildman–Crippen MR) is 74.9 cm³/mol. The number of carbonyl (C=O) groups excluding carboxylic acids is 2. The molecule has 1 fully saturated rings. The Morgan fingerprint density at radius 2 is 2.14 bits per heavy atom. The van der Waals surface area contributed by atoms with E-state index in [1.807, 2.05) is 4.90 Å². The van der Waals surface area contributed by atoms with Gasteiger partial charge in [0.05, 0.1) is 13.0 Å². The Kier molecular flexibility index (Phi) is 5.27. The lowest BCUT2D eigenvalue weighted by molar-refractivity contribution is -0.148. The van der Waals surface area contributed by atoms with E-state index in [-0.39, 0.29) is 24.1 Å². The van der Waals surface area contributed by atoms with Crippen LogP contribution in [0.5, 0.6) is 0 Å². The molecule has 0 aliphatic carbocycles. The van der Waals surface area contributed by atoms with E-state index >= 15 is 0 Å². The van der Waals surface area contributed by atoms with Gasteiger partial charge in [-0.25, -0.2) is 4.39 Å². The first-order valence-corrected chi connectivity index (χ1v) is 7.02. The fourth-order valence-corrected chi connectivity index (χ4v) is 2.38. The molecule has 0 unspecified atom stereocenters. The topological polar surface area (TPSA) is 58.6 Å². The molecule has 1 aliphatic heterocycles. The Morgan fingerprint density at radius 1 is 1.43 bits per heavy atom. The second-order valence-electron chi connectivity index (χ2n) is 4.91. The van der Waals surface area contributed by atoms with Crippen molar-refractivity contribution in [3.05, 3.63) is 35.6 Å². The molecule has 0 saturated carbocycles. The van der Waals surface area contributed by atoms with E-state index in [1.165, 1.54) is 12.1 Å². The second kappa shape index (κ2) is 7.17. The van der Waals surface area contributed by atoms with Crippen molar-refractivity contribution in [3.63, 3.8) is 0 Å². The Balaban J connectivity index is 2.05. The van der Waals surface area contributed by atoms with Gasteiger partial charge in [-0.2, -0.15) is 0 Å². The fourth-order valence-electron chi connectivity index (χ4n) is 2.38. The van der Waals surface area contributed by atoms with Gasteiger partial charge in [0, 0.05) is 19.6 Å². The van der Waals surface area contributed by atoms with Crippen LogP contribution in [-0.2, 0) is 20.9 Å². The van der Waals surface area contributed by atoms with Gasteiger partial charge < -0.3 is 10.1 Å². The average molecular weight is 294 g/mol. The van der Waals surface area contributed by atoms with Gasteiger partial charge in [-0.15, -0.1) is 0 Å². The van der Waals surface area contributed by atoms with Crippen molar-refractivity contribution in [2.45, 2.75) is 25.9 Å². The lowest BCUT2D eigenvalue weighted by Gasteiger charge is -2.34. The Morgan fingerprint density at radius 3 is 2.81 bits per heavy atom. The number of hydrogen-bond donors (Lipinski definition) is 1. The lowest BCUT2D eigenvalue weighted by atomic mass is 10.1. The Labute approximate surface area is 123 Å². The van der Waals surface area contributed by atoms with Crippen molar-refractivity contribution in [2.24, 2.45) is 0 Å². The number of esters is 1. The average Bonchev–Trinajstić information content (AvgIpc) is 2.45. The molecule has 5 nitrogen and oxygen atoms in total. The molecule has 1 aromatic rings. The van der Waals surface area contributed by atoms with Crippen molar-refractivity contribution in [1.82, 2.24) is 10.2 Å². The predicted octanol–water partition coefficient (Wildman–Crippen LogP) is 1.08. The summed E-state index contributed by atoms with van der Waals surface area (Å²) < 4.78 is 17.8. The third-order valence-electron chi connectivity index (χ3n) is 3.41. The van der Waals surface area contributed by atoms with Gasteiger partial charge in [0.2, 0.25) is 5.91 Å². The van der Waals surface area contributed by atoms with Crippen LogP contribution in [0.2, 0.25) is 0 Å². The number of carbonyl (C=O) groups is 2. The standard InChI is InChI=1S/C15H19FN2O3/c1-2-21-14(19)9-13-15(20)17-7-8-18(13)10-11-3-5-12(16)6-4-11/h3-6,13H,2,7-10H2,1H3,(H,17,20)/t13-/m1/s1. The second-order valence-corrected chi connectivity index (χ2v) is 4.91. The normalized spacial score (nSPS) is 19.1. The van der Waals surface area contributed by atoms with Gasteiger partial charge in [0.15, 0.2) is 0 Å². The van der Waals surface area contributed by atoms with Crippen LogP contribution in [0.4, 0.5) is 4.39 Å². The first-order chi connectivity index (χ1) is 10.1. The van der Waals surface area contributed by atoms with E-state index in [2.05, 4.69) is 5.32 Å². The smallest absolute Gasteiger partial charge is 0.307 e. The summed E-state index contributed by atoms with van der Waals surface area (Å²) in [5, 5.41) is 2.76. The molecule has 1 saturated heterocycles. The largest absolute Gasteiger partial charge is 0.466 e. The van der Waals surface area contributed by atoms with Gasteiger partial charge in [0.25, 0.3) is 0 Å². The first-order valence-electron chi connectivity index (χ1n) is 7.02. The molecule has 114 valence electrons. The van der Waals surface area contributed by atoms with Crippen LogP contribution < -0.4 is 5.32 Å². The zero-order valence-electron chi connectivity index (χ0n) is 12.0. The number of amides is 1. The molecule has 1 amide bonds. The van der Waals surface area contributed by atoms with E-state index in [1.54, 1.807) is 19.1 Å². The minimum atomic E-state index is -0.539. The van der Waals surface area contributed by atoms with Crippen LogP contribution >= 0.6 is 0 Å². The van der Waals surface area contributed by atoms with Gasteiger partial charge in [0.1, 0.15) is 11.9 Å². The highest BCUT2D eigenvalue weighted by Crippen LogP contribution is 2.15. The molecule has 0 bridgehead atoms. The summed E-state index contributed by atoms with van der Waals surface area (Å²) in [7, 11) is 0. The van der Waals surface area contributed by atoms with E-state index in [0.29, 0.717) is 26.2 Å². The molecular weight excluding hydrogens is 275 g/mol. The molecular formula is C15H19FN2O3. The maximum atomic E-state index is 12.9. The minimum absolute atomic E-state index is 0.0286. The van der Waals surface area contributed by atoms with Crippen LogP contribution in [0.25, 0.3) is 0 Å². The number of halogens is 1. The summed E-state index contributed by atoms with van der Waals surface area (Å²) in [5.41, 5.74) is 0.903. The maximum absolute atomic E-state index is 12.9. The fraction of sp³-hybridized carbons (Fsp3) is 0.467. The van der Waals surface area contributed by atoms with Gasteiger partial charge in [-0.1, -0.05) is 12.1 Å². The number of ether oxygens (including phenoxy) is 1. The van der Waals surface area contributed by atoms with Crippen molar-refractivity contribution in [2.75, 3.05) is 19.7 Å². The van der Waals surface area contributed by atoms with Crippen LogP contribution in [-0.4, -0.2) is 42.5 Å². The summed E-state index contributed by atoms with van der Waals surface area (Å²) in [6.07, 6.45) is 0.0286. The van der Waals surface area contributed by atoms with Gasteiger partial charge in [-0.3, -0.25) is 14.5 Å². The van der Waals surface area contributed by atoms with Crippen molar-refractivity contribution < 1.29 is 18.7 Å². The highest BCUT2D eigenvalue weighted by atomic mass is 19.1. The number of nitrogens with zero attached hydrogens (tertiary/aromatic N) is 1. The monoisotopic (exact) mass is 294 g/mol. The Bertz CT molecular complexity index is 504. The number of piperazine rings is 1. The van der Waals surface area contributed by atoms with Crippen molar-refractivity contribution >= 4 is 11.9 Å². The molecule has 0 aromatic heterocycles. The maximum Gasteiger partial charge on any atom is 0.307 e. The van der Waals surface area contributed by atoms with Crippen molar-refractivity contribution in [1.29, 1.82) is 0 Å². The SMILES string of the molecule is CCOC(=O)C[C@@H]1C(=O)NCCN1Cc1ccc(F)cc1. The van der Waals surface area contributed by atoms with E-state index in [9.17, 15) is 14.0 Å². The highest BCUT2D eigenvalue weighted by Gasteiger charge is 2.31. The number of nitrogens with one attached hydrogen (secondary N) is 1. The van der Waals surface area contributed by atoms with Crippen LogP contribution in [0.1, 0.15) is 18.9 Å². The molecule has 0 spiro atoms.